The monoisotopic (exact) mass is 424 g/mol. The Labute approximate surface area is 165 Å². The summed E-state index contributed by atoms with van der Waals surface area (Å²) < 4.78 is 51.9. The molecule has 4 rings (SSSR count). The van der Waals surface area contributed by atoms with Crippen LogP contribution < -0.4 is 9.44 Å². The summed E-state index contributed by atoms with van der Waals surface area (Å²) in [5.74, 6) is 0.654. The van der Waals surface area contributed by atoms with Crippen LogP contribution in [0.3, 0.4) is 0 Å². The Balaban J connectivity index is 0.000000161. The van der Waals surface area contributed by atoms with Crippen LogP contribution in [0, 0.1) is 11.8 Å². The normalized spacial score (nSPS) is 25.1. The van der Waals surface area contributed by atoms with Crippen molar-refractivity contribution >= 4 is 20.0 Å². The van der Waals surface area contributed by atoms with E-state index in [1.54, 1.807) is 24.5 Å². The van der Waals surface area contributed by atoms with Gasteiger partial charge in [0, 0.05) is 37.9 Å². The van der Waals surface area contributed by atoms with E-state index in [2.05, 4.69) is 19.4 Å². The molecule has 0 fully saturated rings. The van der Waals surface area contributed by atoms with E-state index >= 15 is 0 Å². The fourth-order valence-electron chi connectivity index (χ4n) is 3.19. The predicted octanol–water partition coefficient (Wildman–Crippen LogP) is 1.10. The number of hydrogen-bond acceptors (Lipinski definition) is 6. The molecular formula is C18H24N4O4S2. The molecule has 2 aliphatic heterocycles. The molecule has 2 aromatic rings. The van der Waals surface area contributed by atoms with Gasteiger partial charge in [0.15, 0.2) is 0 Å². The molecule has 0 bridgehead atoms. The number of nitrogens with one attached hydrogen (secondary N) is 2. The molecule has 28 heavy (non-hydrogen) atoms. The number of fused-ring (bicyclic) bond motifs is 2. The Kier molecular flexibility index (Phi) is 6.13. The first kappa shape index (κ1) is 20.8. The molecule has 0 saturated heterocycles. The van der Waals surface area contributed by atoms with E-state index in [1.165, 1.54) is 12.4 Å². The predicted molar refractivity (Wildman–Crippen MR) is 105 cm³/mol. The topological polar surface area (TPSA) is 118 Å². The Morgan fingerprint density at radius 1 is 0.786 bits per heavy atom. The average molecular weight is 425 g/mol. The van der Waals surface area contributed by atoms with Gasteiger partial charge in [-0.2, -0.15) is 0 Å². The van der Waals surface area contributed by atoms with E-state index in [0.29, 0.717) is 34.7 Å². The third-order valence-corrected chi connectivity index (χ3v) is 7.69. The van der Waals surface area contributed by atoms with E-state index in [1.807, 2.05) is 13.8 Å². The maximum absolute atomic E-state index is 11.7. The van der Waals surface area contributed by atoms with Gasteiger partial charge in [0.05, 0.1) is 0 Å². The number of nitrogens with zero attached hydrogens (tertiary/aromatic N) is 2. The lowest BCUT2D eigenvalue weighted by Crippen LogP contribution is -2.26. The van der Waals surface area contributed by atoms with E-state index in [-0.39, 0.29) is 0 Å². The standard InChI is InChI=1S/2C9H12N2O2S/c2*1-7-4-8-2-3-10-6-9(8)14(12,13)11-5-7/h2*2-3,6-7,11H,4-5H2,1H3/t2*7-/m10/s1. The maximum atomic E-state index is 11.7. The minimum absolute atomic E-state index is 0.323. The van der Waals surface area contributed by atoms with Gasteiger partial charge < -0.3 is 0 Å². The molecule has 2 aromatic heterocycles. The molecule has 2 aliphatic rings. The second kappa shape index (κ2) is 8.24. The Bertz CT molecular complexity index is 969. The molecule has 152 valence electrons. The van der Waals surface area contributed by atoms with Crippen LogP contribution in [-0.2, 0) is 32.9 Å². The smallest absolute Gasteiger partial charge is 0.242 e. The molecule has 0 unspecified atom stereocenters. The van der Waals surface area contributed by atoms with Crippen LogP contribution in [0.1, 0.15) is 25.0 Å². The fourth-order valence-corrected chi connectivity index (χ4v) is 5.90. The van der Waals surface area contributed by atoms with Crippen molar-refractivity contribution in [1.29, 1.82) is 0 Å². The van der Waals surface area contributed by atoms with Crippen molar-refractivity contribution in [3.63, 3.8) is 0 Å². The van der Waals surface area contributed by atoms with Gasteiger partial charge in [0.1, 0.15) is 9.79 Å². The van der Waals surface area contributed by atoms with Crippen molar-refractivity contribution in [3.8, 4) is 0 Å². The van der Waals surface area contributed by atoms with Crippen molar-refractivity contribution < 1.29 is 16.8 Å². The SMILES string of the molecule is C[C@@H]1CNS(=O)(=O)c2cnccc2C1.C[C@H]1CNS(=O)(=O)c2cnccc2C1. The second-order valence-electron chi connectivity index (χ2n) is 7.29. The lowest BCUT2D eigenvalue weighted by atomic mass is 10.0. The highest BCUT2D eigenvalue weighted by molar-refractivity contribution is 7.89. The summed E-state index contributed by atoms with van der Waals surface area (Å²) in [5, 5.41) is 0. The summed E-state index contributed by atoms with van der Waals surface area (Å²) in [6.45, 7) is 5.05. The zero-order chi connectivity index (χ0) is 20.4. The van der Waals surface area contributed by atoms with Gasteiger partial charge in [0.2, 0.25) is 20.0 Å². The zero-order valence-corrected chi connectivity index (χ0v) is 17.4. The number of hydrogen-bond donors (Lipinski definition) is 2. The van der Waals surface area contributed by atoms with E-state index < -0.39 is 20.0 Å². The summed E-state index contributed by atoms with van der Waals surface area (Å²) >= 11 is 0. The number of rotatable bonds is 0. The maximum Gasteiger partial charge on any atom is 0.242 e. The Morgan fingerprint density at radius 3 is 1.57 bits per heavy atom. The quantitative estimate of drug-likeness (QED) is 0.654. The van der Waals surface area contributed by atoms with Gasteiger partial charge in [-0.1, -0.05) is 13.8 Å². The van der Waals surface area contributed by atoms with Crippen LogP contribution in [0.15, 0.2) is 46.7 Å². The Morgan fingerprint density at radius 2 is 1.18 bits per heavy atom. The first-order valence-corrected chi connectivity index (χ1v) is 12.0. The summed E-state index contributed by atoms with van der Waals surface area (Å²) in [4.78, 5) is 8.33. The van der Waals surface area contributed by atoms with Crippen LogP contribution in [-0.4, -0.2) is 39.9 Å². The van der Waals surface area contributed by atoms with Crippen LogP contribution in [0.25, 0.3) is 0 Å². The summed E-state index contributed by atoms with van der Waals surface area (Å²) in [6, 6.07) is 3.55. The van der Waals surface area contributed by atoms with Gasteiger partial charge in [0.25, 0.3) is 0 Å². The summed E-state index contributed by atoms with van der Waals surface area (Å²) in [7, 11) is -6.65. The van der Waals surface area contributed by atoms with Crippen molar-refractivity contribution in [2.75, 3.05) is 13.1 Å². The van der Waals surface area contributed by atoms with Gasteiger partial charge in [-0.25, -0.2) is 26.3 Å². The van der Waals surface area contributed by atoms with Gasteiger partial charge in [-0.15, -0.1) is 0 Å². The van der Waals surface area contributed by atoms with Gasteiger partial charge in [-0.05, 0) is 47.9 Å². The highest BCUT2D eigenvalue weighted by Gasteiger charge is 2.25. The molecule has 2 atom stereocenters. The molecule has 8 nitrogen and oxygen atoms in total. The minimum Gasteiger partial charge on any atom is -0.263 e. The molecule has 0 saturated carbocycles. The van der Waals surface area contributed by atoms with Crippen LogP contribution in [0.4, 0.5) is 0 Å². The van der Waals surface area contributed by atoms with Crippen LogP contribution in [0.2, 0.25) is 0 Å². The average Bonchev–Trinajstić information content (AvgIpc) is 2.85. The van der Waals surface area contributed by atoms with Crippen molar-refractivity contribution in [1.82, 2.24) is 19.4 Å². The molecule has 0 radical (unpaired) electrons. The van der Waals surface area contributed by atoms with Crippen molar-refractivity contribution in [2.24, 2.45) is 11.8 Å². The second-order valence-corrected chi connectivity index (χ2v) is 10.8. The minimum atomic E-state index is -3.32. The van der Waals surface area contributed by atoms with Crippen molar-refractivity contribution in [2.45, 2.75) is 36.5 Å². The molecule has 0 spiro atoms. The zero-order valence-electron chi connectivity index (χ0n) is 15.8. The van der Waals surface area contributed by atoms with Crippen LogP contribution >= 0.6 is 0 Å². The summed E-state index contributed by atoms with van der Waals surface area (Å²) in [6.07, 6.45) is 7.65. The number of aromatic nitrogens is 2. The number of pyridine rings is 2. The van der Waals surface area contributed by atoms with Crippen molar-refractivity contribution in [3.05, 3.63) is 48.0 Å². The lowest BCUT2D eigenvalue weighted by Gasteiger charge is -2.04. The first-order chi connectivity index (χ1) is 13.2. The molecule has 4 heterocycles. The van der Waals surface area contributed by atoms with E-state index in [9.17, 15) is 16.8 Å². The van der Waals surface area contributed by atoms with Gasteiger partial charge in [-0.3, -0.25) is 9.97 Å². The Hall–Kier alpha value is -1.88. The third-order valence-electron chi connectivity index (χ3n) is 4.70. The van der Waals surface area contributed by atoms with Crippen LogP contribution in [0.5, 0.6) is 0 Å². The van der Waals surface area contributed by atoms with E-state index in [0.717, 1.165) is 24.0 Å². The third kappa shape index (κ3) is 4.75. The first-order valence-electron chi connectivity index (χ1n) is 9.04. The summed E-state index contributed by atoms with van der Waals surface area (Å²) in [5.41, 5.74) is 1.72. The molecular weight excluding hydrogens is 400 g/mol. The molecule has 0 aromatic carbocycles. The van der Waals surface area contributed by atoms with E-state index in [4.69, 9.17) is 0 Å². The number of sulfonamides is 2. The highest BCUT2D eigenvalue weighted by Crippen LogP contribution is 2.21. The molecule has 10 heteroatoms. The largest absolute Gasteiger partial charge is 0.263 e. The highest BCUT2D eigenvalue weighted by atomic mass is 32.2. The molecule has 0 aliphatic carbocycles. The van der Waals surface area contributed by atoms with Gasteiger partial charge >= 0.3 is 0 Å². The molecule has 0 amide bonds. The fraction of sp³-hybridized carbons (Fsp3) is 0.444. The lowest BCUT2D eigenvalue weighted by molar-refractivity contribution is 0.551. The molecule has 2 N–H and O–H groups in total.